The number of terminal acetylenes is 1. The molecule has 0 aliphatic heterocycles. The summed E-state index contributed by atoms with van der Waals surface area (Å²) in [6.45, 7) is 0. The molecule has 0 spiro atoms. The fourth-order valence-electron chi connectivity index (χ4n) is 2.80. The summed E-state index contributed by atoms with van der Waals surface area (Å²) in [5, 5.41) is 3.43. The van der Waals surface area contributed by atoms with Crippen LogP contribution in [-0.2, 0) is 0 Å². The molecule has 0 radical (unpaired) electrons. The summed E-state index contributed by atoms with van der Waals surface area (Å²) in [5.74, 6) is 3.74. The normalized spacial score (nSPS) is 19.2. The first-order valence-corrected chi connectivity index (χ1v) is 6.97. The van der Waals surface area contributed by atoms with Crippen LogP contribution in [0.25, 0.3) is 0 Å². The Hall–Kier alpha value is -0.480. The molecule has 0 heterocycles. The molecule has 0 aromatic carbocycles. The number of nitrogens with one attached hydrogen (secondary N) is 1. The first kappa shape index (κ1) is 13.6. The summed E-state index contributed by atoms with van der Waals surface area (Å²) < 4.78 is 0. The molecule has 1 saturated carbocycles. The highest BCUT2D eigenvalue weighted by Gasteiger charge is 2.15. The SMILES string of the molecule is C#CCCCC(CCC1CCCCC1)NC. The third kappa shape index (κ3) is 5.56. The van der Waals surface area contributed by atoms with Crippen molar-refractivity contribution < 1.29 is 0 Å². The molecule has 1 nitrogen and oxygen atoms in total. The highest BCUT2D eigenvalue weighted by Crippen LogP contribution is 2.28. The van der Waals surface area contributed by atoms with Crippen LogP contribution in [0, 0.1) is 18.3 Å². The molecule has 16 heavy (non-hydrogen) atoms. The lowest BCUT2D eigenvalue weighted by atomic mass is 9.85. The average Bonchev–Trinajstić information content (AvgIpc) is 2.35. The molecule has 1 aliphatic carbocycles. The summed E-state index contributed by atoms with van der Waals surface area (Å²) in [5.41, 5.74) is 0. The van der Waals surface area contributed by atoms with Gasteiger partial charge in [-0.15, -0.1) is 12.3 Å². The highest BCUT2D eigenvalue weighted by atomic mass is 14.9. The van der Waals surface area contributed by atoms with E-state index in [1.165, 1.54) is 57.8 Å². The molecule has 92 valence electrons. The molecule has 1 N–H and O–H groups in total. The summed E-state index contributed by atoms with van der Waals surface area (Å²) in [7, 11) is 2.08. The lowest BCUT2D eigenvalue weighted by molar-refractivity contribution is 0.311. The second-order valence-electron chi connectivity index (χ2n) is 5.16. The van der Waals surface area contributed by atoms with Gasteiger partial charge < -0.3 is 5.32 Å². The van der Waals surface area contributed by atoms with Crippen molar-refractivity contribution in [3.8, 4) is 12.3 Å². The standard InChI is InChI=1S/C15H27N/c1-3-4-6-11-15(16-2)13-12-14-9-7-5-8-10-14/h1,14-16H,4-13H2,2H3. The largest absolute Gasteiger partial charge is 0.317 e. The first-order chi connectivity index (χ1) is 7.86. The monoisotopic (exact) mass is 221 g/mol. The molecule has 0 amide bonds. The van der Waals surface area contributed by atoms with Gasteiger partial charge in [-0.3, -0.25) is 0 Å². The van der Waals surface area contributed by atoms with Crippen molar-refractivity contribution in [2.24, 2.45) is 5.92 Å². The van der Waals surface area contributed by atoms with E-state index in [0.717, 1.165) is 12.3 Å². The van der Waals surface area contributed by atoms with Gasteiger partial charge >= 0.3 is 0 Å². The third-order valence-electron chi connectivity index (χ3n) is 3.93. The fourth-order valence-corrected chi connectivity index (χ4v) is 2.80. The van der Waals surface area contributed by atoms with Crippen molar-refractivity contribution in [2.75, 3.05) is 7.05 Å². The third-order valence-corrected chi connectivity index (χ3v) is 3.93. The van der Waals surface area contributed by atoms with Crippen LogP contribution in [0.3, 0.4) is 0 Å². The van der Waals surface area contributed by atoms with Crippen LogP contribution < -0.4 is 5.32 Å². The van der Waals surface area contributed by atoms with Gasteiger partial charge in [0.25, 0.3) is 0 Å². The molecule has 1 aliphatic rings. The second kappa shape index (κ2) is 8.65. The molecule has 1 unspecified atom stereocenters. The maximum absolute atomic E-state index is 5.28. The Bertz CT molecular complexity index is 198. The van der Waals surface area contributed by atoms with Crippen molar-refractivity contribution in [1.82, 2.24) is 5.32 Å². The van der Waals surface area contributed by atoms with Crippen LogP contribution >= 0.6 is 0 Å². The zero-order valence-corrected chi connectivity index (χ0v) is 10.8. The molecule has 1 atom stereocenters. The summed E-state index contributed by atoms with van der Waals surface area (Å²) in [6, 6.07) is 0.690. The van der Waals surface area contributed by atoms with E-state index in [1.807, 2.05) is 0 Å². The van der Waals surface area contributed by atoms with Crippen LogP contribution in [0.1, 0.15) is 64.2 Å². The summed E-state index contributed by atoms with van der Waals surface area (Å²) in [4.78, 5) is 0. The van der Waals surface area contributed by atoms with Gasteiger partial charge in [0.2, 0.25) is 0 Å². The quantitative estimate of drug-likeness (QED) is 0.510. The highest BCUT2D eigenvalue weighted by molar-refractivity contribution is 4.84. The number of hydrogen-bond donors (Lipinski definition) is 1. The van der Waals surface area contributed by atoms with Crippen LogP contribution in [0.4, 0.5) is 0 Å². The minimum Gasteiger partial charge on any atom is -0.317 e. The van der Waals surface area contributed by atoms with E-state index >= 15 is 0 Å². The Kier molecular flexibility index (Phi) is 7.34. The Labute approximate surface area is 101 Å². The van der Waals surface area contributed by atoms with Gasteiger partial charge in [-0.25, -0.2) is 0 Å². The second-order valence-corrected chi connectivity index (χ2v) is 5.16. The summed E-state index contributed by atoms with van der Waals surface area (Å²) >= 11 is 0. The molecule has 0 bridgehead atoms. The lowest BCUT2D eigenvalue weighted by Gasteiger charge is -2.24. The van der Waals surface area contributed by atoms with E-state index in [1.54, 1.807) is 0 Å². The molecule has 0 aromatic rings. The summed E-state index contributed by atoms with van der Waals surface area (Å²) in [6.07, 6.45) is 18.7. The van der Waals surface area contributed by atoms with E-state index in [-0.39, 0.29) is 0 Å². The van der Waals surface area contributed by atoms with Crippen molar-refractivity contribution in [3.63, 3.8) is 0 Å². The predicted octanol–water partition coefficient (Wildman–Crippen LogP) is 3.74. The Morgan fingerprint density at radius 2 is 2.00 bits per heavy atom. The molecule has 1 fully saturated rings. The molecular weight excluding hydrogens is 194 g/mol. The van der Waals surface area contributed by atoms with Crippen LogP contribution in [0.2, 0.25) is 0 Å². The fraction of sp³-hybridized carbons (Fsp3) is 0.867. The lowest BCUT2D eigenvalue weighted by Crippen LogP contribution is -2.26. The van der Waals surface area contributed by atoms with E-state index in [9.17, 15) is 0 Å². The molecule has 1 heteroatoms. The Balaban J connectivity index is 2.09. The molecule has 0 saturated heterocycles. The van der Waals surface area contributed by atoms with Crippen molar-refractivity contribution >= 4 is 0 Å². The van der Waals surface area contributed by atoms with Gasteiger partial charge in [0, 0.05) is 12.5 Å². The van der Waals surface area contributed by atoms with Crippen LogP contribution in [0.15, 0.2) is 0 Å². The van der Waals surface area contributed by atoms with Crippen molar-refractivity contribution in [2.45, 2.75) is 70.3 Å². The predicted molar refractivity (Wildman–Crippen MR) is 71.3 cm³/mol. The van der Waals surface area contributed by atoms with E-state index in [0.29, 0.717) is 6.04 Å². The van der Waals surface area contributed by atoms with Gasteiger partial charge in [-0.2, -0.15) is 0 Å². The maximum Gasteiger partial charge on any atom is 0.00866 e. The van der Waals surface area contributed by atoms with Gasteiger partial charge in [0.15, 0.2) is 0 Å². The topological polar surface area (TPSA) is 12.0 Å². The van der Waals surface area contributed by atoms with E-state index < -0.39 is 0 Å². The first-order valence-electron chi connectivity index (χ1n) is 6.97. The van der Waals surface area contributed by atoms with Crippen LogP contribution in [0.5, 0.6) is 0 Å². The van der Waals surface area contributed by atoms with E-state index in [2.05, 4.69) is 18.3 Å². The molecular formula is C15H27N. The zero-order valence-electron chi connectivity index (χ0n) is 10.8. The number of hydrogen-bond acceptors (Lipinski definition) is 1. The number of rotatable bonds is 7. The van der Waals surface area contributed by atoms with Gasteiger partial charge in [0.1, 0.15) is 0 Å². The Morgan fingerprint density at radius 1 is 1.25 bits per heavy atom. The van der Waals surface area contributed by atoms with Gasteiger partial charge in [-0.05, 0) is 38.6 Å². The van der Waals surface area contributed by atoms with Crippen molar-refractivity contribution in [3.05, 3.63) is 0 Å². The molecule has 1 rings (SSSR count). The average molecular weight is 221 g/mol. The number of unbranched alkanes of at least 4 members (excludes halogenated alkanes) is 1. The maximum atomic E-state index is 5.28. The van der Waals surface area contributed by atoms with Gasteiger partial charge in [0.05, 0.1) is 0 Å². The minimum atomic E-state index is 0.690. The smallest absolute Gasteiger partial charge is 0.00866 e. The van der Waals surface area contributed by atoms with Crippen molar-refractivity contribution in [1.29, 1.82) is 0 Å². The molecule has 0 aromatic heterocycles. The minimum absolute atomic E-state index is 0.690. The Morgan fingerprint density at radius 3 is 2.62 bits per heavy atom. The van der Waals surface area contributed by atoms with Gasteiger partial charge in [-0.1, -0.05) is 32.1 Å². The van der Waals surface area contributed by atoms with E-state index in [4.69, 9.17) is 6.42 Å². The zero-order chi connectivity index (χ0) is 11.6. The van der Waals surface area contributed by atoms with Crippen LogP contribution in [-0.4, -0.2) is 13.1 Å².